The van der Waals surface area contributed by atoms with Gasteiger partial charge in [0.05, 0.1) is 26.1 Å². The van der Waals surface area contributed by atoms with Gasteiger partial charge in [0.1, 0.15) is 18.2 Å². The lowest BCUT2D eigenvalue weighted by molar-refractivity contribution is 0.302. The molecule has 180 valence electrons. The van der Waals surface area contributed by atoms with E-state index >= 15 is 0 Å². The zero-order valence-electron chi connectivity index (χ0n) is 18.8. The number of benzene rings is 3. The highest BCUT2D eigenvalue weighted by Crippen LogP contribution is 2.35. The Morgan fingerprint density at radius 3 is 2.54 bits per heavy atom. The Balaban J connectivity index is 1.65. The third kappa shape index (κ3) is 6.23. The topological polar surface area (TPSA) is 56.5 Å². The van der Waals surface area contributed by atoms with E-state index in [1.54, 1.807) is 12.3 Å². The molecule has 4 rings (SSSR count). The molecule has 0 fully saturated rings. The van der Waals surface area contributed by atoms with Crippen LogP contribution >= 0.6 is 59.4 Å². The normalized spacial score (nSPS) is 11.5. The van der Waals surface area contributed by atoms with E-state index in [0.717, 1.165) is 37.4 Å². The number of unbranched alkanes of at least 4 members (excludes halogenated alkanes) is 1. The molecule has 0 saturated carbocycles. The van der Waals surface area contributed by atoms with Crippen LogP contribution in [0.4, 0.5) is 0 Å². The Morgan fingerprint density at radius 2 is 1.83 bits per heavy atom. The summed E-state index contributed by atoms with van der Waals surface area (Å²) in [6.45, 7) is 2.44. The van der Waals surface area contributed by atoms with E-state index < -0.39 is 0 Å². The lowest BCUT2D eigenvalue weighted by Gasteiger charge is -2.12. The van der Waals surface area contributed by atoms with Gasteiger partial charge in [0, 0.05) is 21.5 Å². The molecule has 0 radical (unpaired) electrons. The number of halogens is 4. The molecular weight excluding hydrogens is 661 g/mol. The zero-order valence-corrected chi connectivity index (χ0v) is 24.3. The molecule has 0 unspecified atom stereocenters. The summed E-state index contributed by atoms with van der Waals surface area (Å²) < 4.78 is 9.72. The molecular formula is C26H21Br3ClN3O2. The molecule has 0 aliphatic rings. The van der Waals surface area contributed by atoms with E-state index in [0.29, 0.717) is 40.5 Å². The summed E-state index contributed by atoms with van der Waals surface area (Å²) in [5.74, 6) is 1.29. The highest BCUT2D eigenvalue weighted by molar-refractivity contribution is 9.11. The second kappa shape index (κ2) is 11.8. The van der Waals surface area contributed by atoms with Crippen LogP contribution in [-0.4, -0.2) is 15.9 Å². The Hall–Kier alpha value is -2.00. The van der Waals surface area contributed by atoms with Gasteiger partial charge in [-0.2, -0.15) is 9.78 Å². The van der Waals surface area contributed by atoms with Crippen LogP contribution in [0, 0.1) is 0 Å². The van der Waals surface area contributed by atoms with Crippen LogP contribution in [0.3, 0.4) is 0 Å². The molecule has 9 heteroatoms. The second-order valence-electron chi connectivity index (χ2n) is 7.85. The van der Waals surface area contributed by atoms with Crippen LogP contribution in [0.2, 0.25) is 5.02 Å². The fourth-order valence-corrected chi connectivity index (χ4v) is 5.49. The average Bonchev–Trinajstić information content (AvgIpc) is 2.83. The van der Waals surface area contributed by atoms with Gasteiger partial charge in [0.15, 0.2) is 0 Å². The van der Waals surface area contributed by atoms with Crippen LogP contribution in [0.5, 0.6) is 5.75 Å². The Labute approximate surface area is 233 Å². The number of hydrogen-bond acceptors (Lipinski definition) is 4. The van der Waals surface area contributed by atoms with Gasteiger partial charge in [0.25, 0.3) is 5.56 Å². The summed E-state index contributed by atoms with van der Waals surface area (Å²) in [4.78, 5) is 18.0. The SMILES string of the molecule is CCCCc1nc2ccc(Br)cc2c(=O)n1N=Cc1cc(Br)c(OCc2ccccc2Cl)c(Br)c1. The minimum atomic E-state index is -0.198. The minimum absolute atomic E-state index is 0.198. The maximum absolute atomic E-state index is 13.3. The van der Waals surface area contributed by atoms with Gasteiger partial charge < -0.3 is 4.74 Å². The van der Waals surface area contributed by atoms with Crippen molar-refractivity contribution in [2.45, 2.75) is 32.8 Å². The average molecular weight is 683 g/mol. The van der Waals surface area contributed by atoms with Crippen LogP contribution in [0.15, 0.2) is 77.9 Å². The summed E-state index contributed by atoms with van der Waals surface area (Å²) in [5, 5.41) is 5.70. The summed E-state index contributed by atoms with van der Waals surface area (Å²) in [7, 11) is 0. The van der Waals surface area contributed by atoms with Crippen LogP contribution in [-0.2, 0) is 13.0 Å². The van der Waals surface area contributed by atoms with Crippen LogP contribution in [0.1, 0.15) is 36.7 Å². The quantitative estimate of drug-likeness (QED) is 0.177. The molecule has 0 saturated heterocycles. The van der Waals surface area contributed by atoms with Crippen molar-refractivity contribution in [2.24, 2.45) is 5.10 Å². The third-order valence-electron chi connectivity index (χ3n) is 5.30. The number of rotatable bonds is 8. The standard InChI is InChI=1S/C26H21Br3ClN3O2/c1-2-3-8-24-32-23-10-9-18(27)13-19(23)26(34)33(24)31-14-16-11-20(28)25(21(29)12-16)35-15-17-6-4-5-7-22(17)30/h4-7,9-14H,2-3,8,15H2,1H3. The lowest BCUT2D eigenvalue weighted by atomic mass is 10.2. The number of aryl methyl sites for hydroxylation is 1. The molecule has 35 heavy (non-hydrogen) atoms. The van der Waals surface area contributed by atoms with Crippen LogP contribution < -0.4 is 10.3 Å². The predicted molar refractivity (Wildman–Crippen MR) is 153 cm³/mol. The van der Waals surface area contributed by atoms with Crippen molar-refractivity contribution in [1.82, 2.24) is 9.66 Å². The number of nitrogens with zero attached hydrogens (tertiary/aromatic N) is 3. The first-order chi connectivity index (χ1) is 16.9. The number of ether oxygens (including phenoxy) is 1. The predicted octanol–water partition coefficient (Wildman–Crippen LogP) is 8.14. The zero-order chi connectivity index (χ0) is 24.9. The summed E-state index contributed by atoms with van der Waals surface area (Å²) >= 11 is 16.8. The van der Waals surface area contributed by atoms with Gasteiger partial charge in [-0.1, -0.05) is 59.1 Å². The highest BCUT2D eigenvalue weighted by Gasteiger charge is 2.13. The minimum Gasteiger partial charge on any atom is -0.486 e. The smallest absolute Gasteiger partial charge is 0.282 e. The van der Waals surface area contributed by atoms with Gasteiger partial charge in [-0.05, 0) is 80.2 Å². The van der Waals surface area contributed by atoms with Gasteiger partial charge in [0.2, 0.25) is 0 Å². The molecule has 0 aliphatic carbocycles. The van der Waals surface area contributed by atoms with E-state index in [9.17, 15) is 4.79 Å². The van der Waals surface area contributed by atoms with Gasteiger partial charge in [-0.25, -0.2) is 4.98 Å². The Morgan fingerprint density at radius 1 is 1.09 bits per heavy atom. The molecule has 0 atom stereocenters. The first-order valence-electron chi connectivity index (χ1n) is 11.0. The summed E-state index contributed by atoms with van der Waals surface area (Å²) in [6, 6.07) is 16.8. The first kappa shape index (κ1) is 26.1. The van der Waals surface area contributed by atoms with Crippen molar-refractivity contribution in [1.29, 1.82) is 0 Å². The second-order valence-corrected chi connectivity index (χ2v) is 10.9. The fourth-order valence-electron chi connectivity index (χ4n) is 3.49. The molecule has 1 heterocycles. The van der Waals surface area contributed by atoms with E-state index in [4.69, 9.17) is 21.3 Å². The monoisotopic (exact) mass is 679 g/mol. The molecule has 4 aromatic rings. The van der Waals surface area contributed by atoms with Crippen molar-refractivity contribution in [3.63, 3.8) is 0 Å². The van der Waals surface area contributed by atoms with E-state index in [2.05, 4.69) is 59.8 Å². The van der Waals surface area contributed by atoms with E-state index in [1.807, 2.05) is 48.5 Å². The molecule has 0 N–H and O–H groups in total. The maximum Gasteiger partial charge on any atom is 0.282 e. The van der Waals surface area contributed by atoms with Crippen molar-refractivity contribution in [3.05, 3.63) is 100 Å². The lowest BCUT2D eigenvalue weighted by Crippen LogP contribution is -2.22. The molecule has 0 bridgehead atoms. The van der Waals surface area contributed by atoms with Crippen molar-refractivity contribution in [2.75, 3.05) is 0 Å². The maximum atomic E-state index is 13.3. The Kier molecular flexibility index (Phi) is 8.81. The number of fused-ring (bicyclic) bond motifs is 1. The van der Waals surface area contributed by atoms with E-state index in [1.165, 1.54) is 4.68 Å². The molecule has 1 aromatic heterocycles. The van der Waals surface area contributed by atoms with Gasteiger partial charge in [-0.3, -0.25) is 4.79 Å². The van der Waals surface area contributed by atoms with Gasteiger partial charge >= 0.3 is 0 Å². The number of hydrogen-bond donors (Lipinski definition) is 0. The Bertz CT molecular complexity index is 1450. The third-order valence-corrected chi connectivity index (χ3v) is 7.34. The molecule has 0 amide bonds. The van der Waals surface area contributed by atoms with Crippen molar-refractivity contribution >= 4 is 76.5 Å². The van der Waals surface area contributed by atoms with Gasteiger partial charge in [-0.15, -0.1) is 0 Å². The first-order valence-corrected chi connectivity index (χ1v) is 13.7. The fraction of sp³-hybridized carbons (Fsp3) is 0.192. The summed E-state index contributed by atoms with van der Waals surface area (Å²) in [5.41, 5.74) is 2.15. The van der Waals surface area contributed by atoms with Crippen molar-refractivity contribution in [3.8, 4) is 5.75 Å². The number of aromatic nitrogens is 2. The molecule has 5 nitrogen and oxygen atoms in total. The summed E-state index contributed by atoms with van der Waals surface area (Å²) in [6.07, 6.45) is 4.22. The van der Waals surface area contributed by atoms with Crippen LogP contribution in [0.25, 0.3) is 10.9 Å². The molecule has 0 spiro atoms. The highest BCUT2D eigenvalue weighted by atomic mass is 79.9. The van der Waals surface area contributed by atoms with E-state index in [-0.39, 0.29) is 5.56 Å². The molecule has 3 aromatic carbocycles. The molecule has 0 aliphatic heterocycles. The largest absolute Gasteiger partial charge is 0.486 e. The van der Waals surface area contributed by atoms with Crippen molar-refractivity contribution < 1.29 is 4.74 Å².